The molecule has 0 aliphatic rings. The predicted molar refractivity (Wildman–Crippen MR) is 106 cm³/mol. The third kappa shape index (κ3) is 5.01. The molecule has 0 spiro atoms. The van der Waals surface area contributed by atoms with Crippen molar-refractivity contribution in [3.63, 3.8) is 0 Å². The molecule has 0 amide bonds. The normalized spacial score (nSPS) is 10.9. The summed E-state index contributed by atoms with van der Waals surface area (Å²) in [5.74, 6) is 1.90. The van der Waals surface area contributed by atoms with E-state index in [1.165, 1.54) is 13.2 Å². The average Bonchev–Trinajstić information content (AvgIpc) is 3.10. The number of carbonyl (C=O) groups is 1. The van der Waals surface area contributed by atoms with E-state index in [0.717, 1.165) is 17.0 Å². The van der Waals surface area contributed by atoms with Gasteiger partial charge in [0.1, 0.15) is 18.2 Å². The number of benzene rings is 2. The van der Waals surface area contributed by atoms with Gasteiger partial charge >= 0.3 is 0 Å². The van der Waals surface area contributed by atoms with Crippen LogP contribution in [0.5, 0.6) is 17.2 Å². The first-order valence-electron chi connectivity index (χ1n) is 8.81. The molecule has 0 saturated carbocycles. The van der Waals surface area contributed by atoms with Crippen molar-refractivity contribution in [3.05, 3.63) is 77.9 Å². The Kier molecular flexibility index (Phi) is 6.11. The highest BCUT2D eigenvalue weighted by atomic mass is 16.5. The highest BCUT2D eigenvalue weighted by Gasteiger charge is 2.05. The summed E-state index contributed by atoms with van der Waals surface area (Å²) in [5, 5.41) is 9.79. The zero-order valence-electron chi connectivity index (χ0n) is 15.8. The van der Waals surface area contributed by atoms with Gasteiger partial charge in [-0.3, -0.25) is 4.79 Å². The lowest BCUT2D eigenvalue weighted by Crippen LogP contribution is -2.03. The molecular weight excluding hydrogens is 356 g/mol. The number of phenolic OH excluding ortho intramolecular Hbond substituents is 1. The van der Waals surface area contributed by atoms with Crippen LogP contribution in [0.15, 0.2) is 60.9 Å². The Labute approximate surface area is 163 Å². The van der Waals surface area contributed by atoms with Gasteiger partial charge in [0.15, 0.2) is 17.3 Å². The van der Waals surface area contributed by atoms with Gasteiger partial charge in [-0.05, 0) is 41.5 Å². The Morgan fingerprint density at radius 1 is 1.25 bits per heavy atom. The first-order valence-corrected chi connectivity index (χ1v) is 8.81. The Balaban J connectivity index is 1.59. The minimum Gasteiger partial charge on any atom is -0.504 e. The van der Waals surface area contributed by atoms with Crippen LogP contribution in [0.25, 0.3) is 6.08 Å². The van der Waals surface area contributed by atoms with Gasteiger partial charge in [0.25, 0.3) is 0 Å². The van der Waals surface area contributed by atoms with Crippen LogP contribution in [0.4, 0.5) is 0 Å². The van der Waals surface area contributed by atoms with Gasteiger partial charge in [0.2, 0.25) is 0 Å². The van der Waals surface area contributed by atoms with Gasteiger partial charge in [-0.25, -0.2) is 4.98 Å². The van der Waals surface area contributed by atoms with E-state index in [2.05, 4.69) is 4.98 Å². The molecule has 0 atom stereocenters. The highest BCUT2D eigenvalue weighted by Crippen LogP contribution is 2.26. The maximum Gasteiger partial charge on any atom is 0.160 e. The fourth-order valence-corrected chi connectivity index (χ4v) is 2.69. The second-order valence-corrected chi connectivity index (χ2v) is 6.30. The minimum atomic E-state index is -0.0449. The number of allylic oxidation sites excluding steroid dienone is 1. The molecule has 0 fully saturated rings. The highest BCUT2D eigenvalue weighted by molar-refractivity contribution is 5.95. The number of hydrogen-bond acceptors (Lipinski definition) is 5. The van der Waals surface area contributed by atoms with E-state index in [1.54, 1.807) is 30.5 Å². The first kappa shape index (κ1) is 19.2. The molecule has 6 nitrogen and oxygen atoms in total. The molecule has 1 N–H and O–H groups in total. The van der Waals surface area contributed by atoms with Crippen molar-refractivity contribution in [1.29, 1.82) is 0 Å². The van der Waals surface area contributed by atoms with E-state index in [1.807, 2.05) is 42.1 Å². The minimum absolute atomic E-state index is 0.0367. The number of aromatic hydroxyl groups is 1. The van der Waals surface area contributed by atoms with Crippen molar-refractivity contribution in [3.8, 4) is 17.2 Å². The molecule has 2 aromatic carbocycles. The van der Waals surface area contributed by atoms with Crippen LogP contribution < -0.4 is 9.47 Å². The monoisotopic (exact) mass is 378 g/mol. The summed E-state index contributed by atoms with van der Waals surface area (Å²) in [6, 6.07) is 12.4. The number of rotatable bonds is 8. The summed E-state index contributed by atoms with van der Waals surface area (Å²) in [7, 11) is 3.40. The molecule has 144 valence electrons. The van der Waals surface area contributed by atoms with Crippen LogP contribution in [0, 0.1) is 0 Å². The summed E-state index contributed by atoms with van der Waals surface area (Å²) < 4.78 is 12.7. The van der Waals surface area contributed by atoms with E-state index in [-0.39, 0.29) is 18.0 Å². The standard InChI is InChI=1S/C22H22N2O4/c1-24-11-10-23-22(24)15-28-19-5-3-4-17(13-19)12-18(25)8-6-16-7-9-21(27-2)20(26)14-16/h3-11,13-14,26H,12,15H2,1-2H3/b8-6+. The zero-order valence-corrected chi connectivity index (χ0v) is 15.8. The quantitative estimate of drug-likeness (QED) is 0.607. The number of methoxy groups -OCH3 is 1. The van der Waals surface area contributed by atoms with Crippen molar-refractivity contribution in [1.82, 2.24) is 9.55 Å². The van der Waals surface area contributed by atoms with E-state index in [4.69, 9.17) is 9.47 Å². The summed E-state index contributed by atoms with van der Waals surface area (Å²) in [6.45, 7) is 0.363. The van der Waals surface area contributed by atoms with E-state index >= 15 is 0 Å². The second-order valence-electron chi connectivity index (χ2n) is 6.30. The summed E-state index contributed by atoms with van der Waals surface area (Å²) >= 11 is 0. The van der Waals surface area contributed by atoms with Gasteiger partial charge in [0, 0.05) is 25.9 Å². The summed E-state index contributed by atoms with van der Waals surface area (Å²) in [4.78, 5) is 16.5. The molecule has 0 aliphatic heterocycles. The lowest BCUT2D eigenvalue weighted by molar-refractivity contribution is -0.113. The second kappa shape index (κ2) is 8.90. The number of ether oxygens (including phenoxy) is 2. The van der Waals surface area contributed by atoms with Crippen LogP contribution in [0.3, 0.4) is 0 Å². The van der Waals surface area contributed by atoms with E-state index < -0.39 is 0 Å². The van der Waals surface area contributed by atoms with Crippen LogP contribution >= 0.6 is 0 Å². The van der Waals surface area contributed by atoms with Crippen molar-refractivity contribution in [2.45, 2.75) is 13.0 Å². The largest absolute Gasteiger partial charge is 0.504 e. The number of nitrogens with zero attached hydrogens (tertiary/aromatic N) is 2. The molecule has 28 heavy (non-hydrogen) atoms. The zero-order chi connectivity index (χ0) is 19.9. The number of aromatic nitrogens is 2. The fraction of sp³-hybridized carbons (Fsp3) is 0.182. The van der Waals surface area contributed by atoms with Gasteiger partial charge in [-0.15, -0.1) is 0 Å². The molecule has 1 heterocycles. The fourth-order valence-electron chi connectivity index (χ4n) is 2.69. The van der Waals surface area contributed by atoms with Crippen LogP contribution in [0.1, 0.15) is 17.0 Å². The van der Waals surface area contributed by atoms with E-state index in [0.29, 0.717) is 18.1 Å². The number of phenols is 1. The number of ketones is 1. The lowest BCUT2D eigenvalue weighted by atomic mass is 10.1. The van der Waals surface area contributed by atoms with Crippen molar-refractivity contribution in [2.75, 3.05) is 7.11 Å². The Bertz CT molecular complexity index is 992. The maximum atomic E-state index is 12.3. The molecule has 6 heteroatoms. The van der Waals surface area contributed by atoms with Gasteiger partial charge < -0.3 is 19.1 Å². The lowest BCUT2D eigenvalue weighted by Gasteiger charge is -2.07. The third-order valence-electron chi connectivity index (χ3n) is 4.23. The topological polar surface area (TPSA) is 73.6 Å². The van der Waals surface area contributed by atoms with Gasteiger partial charge in [-0.2, -0.15) is 0 Å². The average molecular weight is 378 g/mol. The number of hydrogen-bond donors (Lipinski definition) is 1. The first-order chi connectivity index (χ1) is 13.5. The summed E-state index contributed by atoms with van der Waals surface area (Å²) in [5.41, 5.74) is 1.59. The molecule has 0 bridgehead atoms. The Morgan fingerprint density at radius 2 is 2.11 bits per heavy atom. The molecule has 3 rings (SSSR count). The number of imidazole rings is 1. The van der Waals surface area contributed by atoms with Crippen molar-refractivity contribution in [2.24, 2.45) is 7.05 Å². The summed E-state index contributed by atoms with van der Waals surface area (Å²) in [6.07, 6.45) is 7.02. The van der Waals surface area contributed by atoms with Crippen LogP contribution in [-0.4, -0.2) is 27.6 Å². The molecule has 0 saturated heterocycles. The number of aryl methyl sites for hydroxylation is 1. The molecular formula is C22H22N2O4. The predicted octanol–water partition coefficient (Wildman–Crippen LogP) is 3.54. The SMILES string of the molecule is COc1ccc(/C=C/C(=O)Cc2cccc(OCc3nccn3C)c2)cc1O. The third-order valence-corrected chi connectivity index (χ3v) is 4.23. The van der Waals surface area contributed by atoms with Crippen molar-refractivity contribution < 1.29 is 19.4 Å². The van der Waals surface area contributed by atoms with Gasteiger partial charge in [-0.1, -0.05) is 24.3 Å². The number of carbonyl (C=O) groups excluding carboxylic acids is 1. The van der Waals surface area contributed by atoms with Crippen LogP contribution in [0.2, 0.25) is 0 Å². The molecule has 0 radical (unpaired) electrons. The smallest absolute Gasteiger partial charge is 0.160 e. The molecule has 1 aromatic heterocycles. The molecule has 0 unspecified atom stereocenters. The van der Waals surface area contributed by atoms with Crippen molar-refractivity contribution >= 4 is 11.9 Å². The van der Waals surface area contributed by atoms with Crippen LogP contribution in [-0.2, 0) is 24.9 Å². The molecule has 3 aromatic rings. The molecule has 0 aliphatic carbocycles. The maximum absolute atomic E-state index is 12.3. The Morgan fingerprint density at radius 3 is 2.82 bits per heavy atom. The van der Waals surface area contributed by atoms with E-state index in [9.17, 15) is 9.90 Å². The van der Waals surface area contributed by atoms with Gasteiger partial charge in [0.05, 0.1) is 7.11 Å². The Hall–Kier alpha value is -3.54.